The second-order valence-corrected chi connectivity index (χ2v) is 4.41. The van der Waals surface area contributed by atoms with Gasteiger partial charge >= 0.3 is 0 Å². The second-order valence-electron chi connectivity index (χ2n) is 4.41. The fourth-order valence-corrected chi connectivity index (χ4v) is 1.83. The van der Waals surface area contributed by atoms with Gasteiger partial charge in [0, 0.05) is 43.5 Å². The number of aryl methyl sites for hydroxylation is 1. The van der Waals surface area contributed by atoms with Crippen LogP contribution < -0.4 is 11.1 Å². The van der Waals surface area contributed by atoms with E-state index < -0.39 is 0 Å². The van der Waals surface area contributed by atoms with Gasteiger partial charge in [-0.05, 0) is 19.8 Å². The van der Waals surface area contributed by atoms with Gasteiger partial charge in [-0.2, -0.15) is 5.10 Å². The Morgan fingerprint density at radius 2 is 2.35 bits per heavy atom. The molecule has 98 valence electrons. The van der Waals surface area contributed by atoms with Gasteiger partial charge in [-0.25, -0.2) is 0 Å². The molecule has 5 nitrogen and oxygen atoms in total. The fraction of sp³-hybridized carbons (Fsp3) is 0.750. The maximum absolute atomic E-state index is 8.88. The monoisotopic (exact) mass is 240 g/mol. The van der Waals surface area contributed by atoms with Crippen molar-refractivity contribution in [3.63, 3.8) is 0 Å². The highest BCUT2D eigenvalue weighted by molar-refractivity contribution is 5.11. The first kappa shape index (κ1) is 14.2. The van der Waals surface area contributed by atoms with Crippen LogP contribution in [0.4, 0.5) is 0 Å². The molecule has 0 saturated heterocycles. The van der Waals surface area contributed by atoms with E-state index >= 15 is 0 Å². The van der Waals surface area contributed by atoms with Gasteiger partial charge in [-0.15, -0.1) is 0 Å². The fourth-order valence-electron chi connectivity index (χ4n) is 1.83. The standard InChI is InChI=1S/C12H24N4O/c1-3-5-16-9-11(8-14-16)12(7-13)15-10(2)4-6-17/h8-10,12,15,17H,3-7,13H2,1-2H3. The van der Waals surface area contributed by atoms with E-state index in [1.54, 1.807) is 0 Å². The summed E-state index contributed by atoms with van der Waals surface area (Å²) in [6.07, 6.45) is 5.72. The van der Waals surface area contributed by atoms with E-state index in [1.165, 1.54) is 0 Å². The topological polar surface area (TPSA) is 76.1 Å². The number of nitrogens with zero attached hydrogens (tertiary/aromatic N) is 2. The second kappa shape index (κ2) is 7.42. The predicted molar refractivity (Wildman–Crippen MR) is 68.6 cm³/mol. The molecule has 2 unspecified atom stereocenters. The SMILES string of the molecule is CCCn1cc(C(CN)NC(C)CCO)cn1. The minimum atomic E-state index is 0.113. The number of aliphatic hydroxyl groups is 1. The largest absolute Gasteiger partial charge is 0.396 e. The maximum Gasteiger partial charge on any atom is 0.0538 e. The van der Waals surface area contributed by atoms with Gasteiger partial charge in [-0.1, -0.05) is 6.92 Å². The van der Waals surface area contributed by atoms with Crippen LogP contribution in [-0.2, 0) is 6.54 Å². The summed E-state index contributed by atoms with van der Waals surface area (Å²) in [6.45, 7) is 5.84. The average Bonchev–Trinajstić information content (AvgIpc) is 2.75. The highest BCUT2D eigenvalue weighted by Crippen LogP contribution is 2.12. The Bertz CT molecular complexity index is 313. The van der Waals surface area contributed by atoms with E-state index in [0.29, 0.717) is 6.54 Å². The van der Waals surface area contributed by atoms with Gasteiger partial charge in [0.15, 0.2) is 0 Å². The summed E-state index contributed by atoms with van der Waals surface area (Å²) in [6, 6.07) is 0.366. The quantitative estimate of drug-likeness (QED) is 0.624. The number of nitrogens with one attached hydrogen (secondary N) is 1. The summed E-state index contributed by atoms with van der Waals surface area (Å²) in [5.74, 6) is 0. The van der Waals surface area contributed by atoms with E-state index in [4.69, 9.17) is 10.8 Å². The lowest BCUT2D eigenvalue weighted by atomic mass is 10.1. The van der Waals surface area contributed by atoms with Gasteiger partial charge in [0.1, 0.15) is 0 Å². The maximum atomic E-state index is 8.88. The molecule has 0 bridgehead atoms. The molecule has 5 heteroatoms. The molecular formula is C12H24N4O. The molecule has 17 heavy (non-hydrogen) atoms. The Hall–Kier alpha value is -0.910. The molecule has 2 atom stereocenters. The molecule has 0 aliphatic carbocycles. The van der Waals surface area contributed by atoms with Crippen molar-refractivity contribution in [2.24, 2.45) is 5.73 Å². The molecule has 0 saturated carbocycles. The number of rotatable bonds is 8. The van der Waals surface area contributed by atoms with Crippen molar-refractivity contribution >= 4 is 0 Å². The normalized spacial score (nSPS) is 14.8. The molecule has 0 aliphatic heterocycles. The highest BCUT2D eigenvalue weighted by atomic mass is 16.3. The summed E-state index contributed by atoms with van der Waals surface area (Å²) in [7, 11) is 0. The van der Waals surface area contributed by atoms with Crippen molar-refractivity contribution in [2.45, 2.75) is 45.3 Å². The number of nitrogens with two attached hydrogens (primary N) is 1. The molecule has 0 aliphatic rings. The van der Waals surface area contributed by atoms with E-state index in [-0.39, 0.29) is 18.7 Å². The van der Waals surface area contributed by atoms with Crippen molar-refractivity contribution in [1.82, 2.24) is 15.1 Å². The molecule has 0 spiro atoms. The summed E-state index contributed by atoms with van der Waals surface area (Å²) < 4.78 is 1.94. The molecular weight excluding hydrogens is 216 g/mol. The lowest BCUT2D eigenvalue weighted by molar-refractivity contribution is 0.263. The predicted octanol–water partition coefficient (Wildman–Crippen LogP) is 0.653. The Morgan fingerprint density at radius 1 is 1.59 bits per heavy atom. The zero-order chi connectivity index (χ0) is 12.7. The number of aromatic nitrogens is 2. The molecule has 1 aromatic rings. The summed E-state index contributed by atoms with van der Waals surface area (Å²) in [5.41, 5.74) is 6.89. The number of hydrogen-bond donors (Lipinski definition) is 3. The van der Waals surface area contributed by atoms with Crippen LogP contribution in [0.3, 0.4) is 0 Å². The van der Waals surface area contributed by atoms with Crippen molar-refractivity contribution < 1.29 is 5.11 Å². The zero-order valence-electron chi connectivity index (χ0n) is 10.8. The van der Waals surface area contributed by atoms with Crippen molar-refractivity contribution in [2.75, 3.05) is 13.2 Å². The van der Waals surface area contributed by atoms with Gasteiger partial charge < -0.3 is 16.2 Å². The van der Waals surface area contributed by atoms with Gasteiger partial charge in [0.05, 0.1) is 6.20 Å². The van der Waals surface area contributed by atoms with Gasteiger partial charge in [-0.3, -0.25) is 4.68 Å². The lowest BCUT2D eigenvalue weighted by Crippen LogP contribution is -2.35. The first-order chi connectivity index (χ1) is 8.21. The summed E-state index contributed by atoms with van der Waals surface area (Å²) in [4.78, 5) is 0. The molecule has 4 N–H and O–H groups in total. The minimum absolute atomic E-state index is 0.113. The van der Waals surface area contributed by atoms with Crippen LogP contribution in [0.25, 0.3) is 0 Å². The Labute approximate surface area is 103 Å². The highest BCUT2D eigenvalue weighted by Gasteiger charge is 2.14. The van der Waals surface area contributed by atoms with Crippen LogP contribution in [0.1, 0.15) is 38.3 Å². The van der Waals surface area contributed by atoms with E-state index in [9.17, 15) is 0 Å². The van der Waals surface area contributed by atoms with Crippen LogP contribution >= 0.6 is 0 Å². The van der Waals surface area contributed by atoms with Crippen LogP contribution in [0.15, 0.2) is 12.4 Å². The van der Waals surface area contributed by atoms with E-state index in [0.717, 1.165) is 24.9 Å². The summed E-state index contributed by atoms with van der Waals surface area (Å²) >= 11 is 0. The molecule has 1 heterocycles. The summed E-state index contributed by atoms with van der Waals surface area (Å²) in [5, 5.41) is 16.6. The van der Waals surface area contributed by atoms with Crippen LogP contribution in [0.5, 0.6) is 0 Å². The Morgan fingerprint density at radius 3 is 2.94 bits per heavy atom. The van der Waals surface area contributed by atoms with Gasteiger partial charge in [0.25, 0.3) is 0 Å². The third-order valence-corrected chi connectivity index (χ3v) is 2.79. The number of aliphatic hydroxyl groups excluding tert-OH is 1. The Balaban J connectivity index is 2.58. The zero-order valence-corrected chi connectivity index (χ0v) is 10.8. The van der Waals surface area contributed by atoms with E-state index in [2.05, 4.69) is 24.3 Å². The molecule has 1 aromatic heterocycles. The van der Waals surface area contributed by atoms with Crippen molar-refractivity contribution in [3.05, 3.63) is 18.0 Å². The van der Waals surface area contributed by atoms with Crippen LogP contribution in [0.2, 0.25) is 0 Å². The molecule has 0 fully saturated rings. The lowest BCUT2D eigenvalue weighted by Gasteiger charge is -2.20. The van der Waals surface area contributed by atoms with Gasteiger partial charge in [0.2, 0.25) is 0 Å². The van der Waals surface area contributed by atoms with Crippen LogP contribution in [-0.4, -0.2) is 34.1 Å². The number of hydrogen-bond acceptors (Lipinski definition) is 4. The molecule has 0 aromatic carbocycles. The first-order valence-electron chi connectivity index (χ1n) is 6.30. The first-order valence-corrected chi connectivity index (χ1v) is 6.30. The third-order valence-electron chi connectivity index (χ3n) is 2.79. The molecule has 0 radical (unpaired) electrons. The molecule has 0 amide bonds. The van der Waals surface area contributed by atoms with Crippen molar-refractivity contribution in [3.8, 4) is 0 Å². The van der Waals surface area contributed by atoms with Crippen LogP contribution in [0, 0.1) is 0 Å². The molecule has 1 rings (SSSR count). The van der Waals surface area contributed by atoms with E-state index in [1.807, 2.05) is 17.1 Å². The third kappa shape index (κ3) is 4.46. The average molecular weight is 240 g/mol. The van der Waals surface area contributed by atoms with Crippen molar-refractivity contribution in [1.29, 1.82) is 0 Å². The minimum Gasteiger partial charge on any atom is -0.396 e. The Kier molecular flexibility index (Phi) is 6.18. The smallest absolute Gasteiger partial charge is 0.0538 e.